The van der Waals surface area contributed by atoms with Crippen LogP contribution in [0.25, 0.3) is 11.1 Å². The minimum atomic E-state index is -3.57. The van der Waals surface area contributed by atoms with Crippen LogP contribution in [0.2, 0.25) is 0 Å². The van der Waals surface area contributed by atoms with Crippen molar-refractivity contribution in [1.82, 2.24) is 9.62 Å². The van der Waals surface area contributed by atoms with Gasteiger partial charge < -0.3 is 5.73 Å². The quantitative estimate of drug-likeness (QED) is 0.793. The van der Waals surface area contributed by atoms with Gasteiger partial charge in [-0.3, -0.25) is 4.90 Å². The molecule has 0 aliphatic rings. The summed E-state index contributed by atoms with van der Waals surface area (Å²) in [6.45, 7) is 0.716. The molecule has 0 heterocycles. The van der Waals surface area contributed by atoms with E-state index in [1.807, 2.05) is 36.4 Å². The summed E-state index contributed by atoms with van der Waals surface area (Å²) in [7, 11) is 0.0449. The van der Waals surface area contributed by atoms with Gasteiger partial charge in [0.25, 0.3) is 0 Å². The van der Waals surface area contributed by atoms with Crippen molar-refractivity contribution in [1.29, 1.82) is 0 Å². The zero-order valence-corrected chi connectivity index (χ0v) is 13.6. The third-order valence-corrected chi connectivity index (χ3v) is 4.69. The monoisotopic (exact) mass is 319 g/mol. The Morgan fingerprint density at radius 3 is 2.27 bits per heavy atom. The third kappa shape index (κ3) is 3.92. The smallest absolute Gasteiger partial charge is 0.242 e. The maximum atomic E-state index is 12.5. The minimum absolute atomic E-state index is 0.253. The van der Waals surface area contributed by atoms with Crippen LogP contribution in [0, 0.1) is 0 Å². The van der Waals surface area contributed by atoms with Gasteiger partial charge in [0.1, 0.15) is 0 Å². The molecule has 22 heavy (non-hydrogen) atoms. The molecule has 3 N–H and O–H groups in total. The number of rotatable bonds is 6. The number of nitrogens with zero attached hydrogens (tertiary/aromatic N) is 1. The standard InChI is InChI=1S/C16H21N3O2S/c1-19(2)12-18-22(20,21)16-6-4-3-5-15(16)14-9-7-13(11-17)8-10-14/h3-10,18H,11-12,17H2,1-2H3. The van der Waals surface area contributed by atoms with Crippen molar-refractivity contribution in [3.63, 3.8) is 0 Å². The fourth-order valence-electron chi connectivity index (χ4n) is 2.05. The molecule has 5 nitrogen and oxygen atoms in total. The van der Waals surface area contributed by atoms with Crippen molar-refractivity contribution < 1.29 is 8.42 Å². The van der Waals surface area contributed by atoms with Crippen LogP contribution in [0.15, 0.2) is 53.4 Å². The number of benzene rings is 2. The van der Waals surface area contributed by atoms with E-state index < -0.39 is 10.0 Å². The van der Waals surface area contributed by atoms with Crippen molar-refractivity contribution in [3.8, 4) is 11.1 Å². The highest BCUT2D eigenvalue weighted by molar-refractivity contribution is 7.89. The van der Waals surface area contributed by atoms with Gasteiger partial charge in [-0.1, -0.05) is 42.5 Å². The lowest BCUT2D eigenvalue weighted by molar-refractivity contribution is 0.399. The van der Waals surface area contributed by atoms with Crippen molar-refractivity contribution in [2.45, 2.75) is 11.4 Å². The summed E-state index contributed by atoms with van der Waals surface area (Å²) in [5.74, 6) is 0. The molecule has 0 saturated carbocycles. The second-order valence-corrected chi connectivity index (χ2v) is 7.02. The van der Waals surface area contributed by atoms with Crippen LogP contribution in [-0.2, 0) is 16.6 Å². The van der Waals surface area contributed by atoms with Gasteiger partial charge in [0.15, 0.2) is 0 Å². The SMILES string of the molecule is CN(C)CNS(=O)(=O)c1ccccc1-c1ccc(CN)cc1. The van der Waals surface area contributed by atoms with Crippen LogP contribution in [0.1, 0.15) is 5.56 Å². The summed E-state index contributed by atoms with van der Waals surface area (Å²) in [5.41, 5.74) is 8.13. The van der Waals surface area contributed by atoms with E-state index in [1.54, 1.807) is 31.1 Å². The molecule has 0 aliphatic heterocycles. The molecular formula is C16H21N3O2S. The Hall–Kier alpha value is -1.73. The molecule has 2 aromatic rings. The second kappa shape index (κ2) is 7.02. The van der Waals surface area contributed by atoms with Gasteiger partial charge in [-0.05, 0) is 31.3 Å². The highest BCUT2D eigenvalue weighted by atomic mass is 32.2. The van der Waals surface area contributed by atoms with Crippen LogP contribution >= 0.6 is 0 Å². The summed E-state index contributed by atoms with van der Waals surface area (Å²) >= 11 is 0. The first-order valence-corrected chi connectivity index (χ1v) is 8.45. The normalized spacial score (nSPS) is 11.8. The molecular weight excluding hydrogens is 298 g/mol. The van der Waals surface area contributed by atoms with Gasteiger partial charge in [0.05, 0.1) is 11.6 Å². The predicted octanol–water partition coefficient (Wildman–Crippen LogP) is 1.61. The first-order valence-electron chi connectivity index (χ1n) is 6.97. The van der Waals surface area contributed by atoms with Gasteiger partial charge in [-0.2, -0.15) is 4.72 Å². The van der Waals surface area contributed by atoms with E-state index in [9.17, 15) is 8.42 Å². The summed E-state index contributed by atoms with van der Waals surface area (Å²) in [5, 5.41) is 0. The van der Waals surface area contributed by atoms with E-state index in [4.69, 9.17) is 5.73 Å². The summed E-state index contributed by atoms with van der Waals surface area (Å²) < 4.78 is 27.6. The minimum Gasteiger partial charge on any atom is -0.326 e. The summed E-state index contributed by atoms with van der Waals surface area (Å²) in [6.07, 6.45) is 0. The first-order chi connectivity index (χ1) is 10.4. The number of nitrogens with two attached hydrogens (primary N) is 1. The topological polar surface area (TPSA) is 75.4 Å². The lowest BCUT2D eigenvalue weighted by atomic mass is 10.0. The van der Waals surface area contributed by atoms with Crippen LogP contribution in [-0.4, -0.2) is 34.1 Å². The van der Waals surface area contributed by atoms with E-state index in [0.717, 1.165) is 11.1 Å². The molecule has 0 unspecified atom stereocenters. The fourth-order valence-corrected chi connectivity index (χ4v) is 3.37. The Kier molecular flexibility index (Phi) is 5.31. The average molecular weight is 319 g/mol. The van der Waals surface area contributed by atoms with E-state index in [2.05, 4.69) is 4.72 Å². The van der Waals surface area contributed by atoms with Crippen LogP contribution in [0.5, 0.6) is 0 Å². The molecule has 0 fully saturated rings. The summed E-state index contributed by atoms with van der Waals surface area (Å²) in [6, 6.07) is 14.6. The van der Waals surface area contributed by atoms with Gasteiger partial charge in [-0.25, -0.2) is 8.42 Å². The lowest BCUT2D eigenvalue weighted by Gasteiger charge is -2.14. The Bertz CT molecular complexity index is 725. The maximum Gasteiger partial charge on any atom is 0.242 e. The molecule has 0 aromatic heterocycles. The number of sulfonamides is 1. The lowest BCUT2D eigenvalue weighted by Crippen LogP contribution is -2.33. The molecule has 0 bridgehead atoms. The van der Waals surface area contributed by atoms with E-state index in [-0.39, 0.29) is 11.6 Å². The Morgan fingerprint density at radius 2 is 1.68 bits per heavy atom. The Balaban J connectivity index is 2.41. The van der Waals surface area contributed by atoms with Gasteiger partial charge in [-0.15, -0.1) is 0 Å². The van der Waals surface area contributed by atoms with Crippen LogP contribution in [0.3, 0.4) is 0 Å². The summed E-state index contributed by atoms with van der Waals surface area (Å²) in [4.78, 5) is 2.04. The van der Waals surface area contributed by atoms with Gasteiger partial charge in [0, 0.05) is 12.1 Å². The highest BCUT2D eigenvalue weighted by Gasteiger charge is 2.18. The third-order valence-electron chi connectivity index (χ3n) is 3.25. The number of hydrogen-bond acceptors (Lipinski definition) is 4. The zero-order valence-electron chi connectivity index (χ0n) is 12.8. The maximum absolute atomic E-state index is 12.5. The van der Waals surface area contributed by atoms with E-state index >= 15 is 0 Å². The molecule has 118 valence electrons. The second-order valence-electron chi connectivity index (χ2n) is 5.28. The molecule has 0 saturated heterocycles. The zero-order chi connectivity index (χ0) is 16.2. The van der Waals surface area contributed by atoms with Gasteiger partial charge in [0.2, 0.25) is 10.0 Å². The molecule has 0 atom stereocenters. The molecule has 0 aliphatic carbocycles. The first kappa shape index (κ1) is 16.6. The fraction of sp³-hybridized carbons (Fsp3) is 0.250. The van der Waals surface area contributed by atoms with E-state index in [0.29, 0.717) is 12.1 Å². The molecule has 2 aromatic carbocycles. The molecule has 2 rings (SSSR count). The Labute approximate surface area is 131 Å². The molecule has 6 heteroatoms. The predicted molar refractivity (Wildman–Crippen MR) is 88.6 cm³/mol. The van der Waals surface area contributed by atoms with Crippen molar-refractivity contribution >= 4 is 10.0 Å². The van der Waals surface area contributed by atoms with Crippen molar-refractivity contribution in [2.24, 2.45) is 5.73 Å². The van der Waals surface area contributed by atoms with E-state index in [1.165, 1.54) is 0 Å². The van der Waals surface area contributed by atoms with Crippen LogP contribution in [0.4, 0.5) is 0 Å². The largest absolute Gasteiger partial charge is 0.326 e. The average Bonchev–Trinajstić information content (AvgIpc) is 2.53. The number of hydrogen-bond donors (Lipinski definition) is 2. The van der Waals surface area contributed by atoms with Crippen LogP contribution < -0.4 is 10.5 Å². The number of nitrogens with one attached hydrogen (secondary N) is 1. The van der Waals surface area contributed by atoms with Crippen molar-refractivity contribution in [2.75, 3.05) is 20.8 Å². The molecule has 0 spiro atoms. The van der Waals surface area contributed by atoms with Gasteiger partial charge >= 0.3 is 0 Å². The highest BCUT2D eigenvalue weighted by Crippen LogP contribution is 2.27. The molecule has 0 radical (unpaired) electrons. The molecule has 0 amide bonds. The Morgan fingerprint density at radius 1 is 1.05 bits per heavy atom. The van der Waals surface area contributed by atoms with Crippen molar-refractivity contribution in [3.05, 3.63) is 54.1 Å².